The van der Waals surface area contributed by atoms with Gasteiger partial charge in [-0.2, -0.15) is 0 Å². The van der Waals surface area contributed by atoms with E-state index in [4.69, 9.17) is 0 Å². The molecule has 0 fully saturated rings. The van der Waals surface area contributed by atoms with Gasteiger partial charge in [-0.1, -0.05) is 30.3 Å². The SMILES string of the molecule is [c]1ccccc1-c1cccnc1. The zero-order valence-corrected chi connectivity index (χ0v) is 6.57. The first kappa shape index (κ1) is 7.04. The minimum Gasteiger partial charge on any atom is -0.264 e. The van der Waals surface area contributed by atoms with Crippen LogP contribution in [0.25, 0.3) is 11.1 Å². The smallest absolute Gasteiger partial charge is 0.0346 e. The van der Waals surface area contributed by atoms with E-state index in [2.05, 4.69) is 11.1 Å². The average Bonchev–Trinajstić information content (AvgIpc) is 2.21. The van der Waals surface area contributed by atoms with Gasteiger partial charge in [0.25, 0.3) is 0 Å². The lowest BCUT2D eigenvalue weighted by molar-refractivity contribution is 1.33. The summed E-state index contributed by atoms with van der Waals surface area (Å²) in [6, 6.07) is 15.0. The summed E-state index contributed by atoms with van der Waals surface area (Å²) in [5, 5.41) is 0. The van der Waals surface area contributed by atoms with E-state index in [0.717, 1.165) is 11.1 Å². The summed E-state index contributed by atoms with van der Waals surface area (Å²) in [5.41, 5.74) is 2.20. The van der Waals surface area contributed by atoms with E-state index in [-0.39, 0.29) is 0 Å². The second-order valence-electron chi connectivity index (χ2n) is 2.52. The monoisotopic (exact) mass is 154 g/mol. The lowest BCUT2D eigenvalue weighted by Gasteiger charge is -1.97. The lowest BCUT2D eigenvalue weighted by atomic mass is 10.1. The third kappa shape index (κ3) is 1.35. The average molecular weight is 154 g/mol. The molecule has 1 nitrogen and oxygen atoms in total. The molecule has 0 aliphatic rings. The van der Waals surface area contributed by atoms with E-state index >= 15 is 0 Å². The van der Waals surface area contributed by atoms with Crippen molar-refractivity contribution >= 4 is 0 Å². The topological polar surface area (TPSA) is 12.9 Å². The highest BCUT2D eigenvalue weighted by atomic mass is 14.6. The summed E-state index contributed by atoms with van der Waals surface area (Å²) in [4.78, 5) is 4.04. The first-order valence-corrected chi connectivity index (χ1v) is 3.84. The molecule has 0 atom stereocenters. The molecular weight excluding hydrogens is 146 g/mol. The van der Waals surface area contributed by atoms with Crippen molar-refractivity contribution in [3.8, 4) is 11.1 Å². The number of benzene rings is 1. The van der Waals surface area contributed by atoms with E-state index in [1.165, 1.54) is 0 Å². The Bertz CT molecular complexity index is 302. The third-order valence-corrected chi connectivity index (χ3v) is 1.68. The van der Waals surface area contributed by atoms with Crippen LogP contribution in [-0.2, 0) is 0 Å². The lowest BCUT2D eigenvalue weighted by Crippen LogP contribution is -1.77. The van der Waals surface area contributed by atoms with Crippen molar-refractivity contribution in [2.24, 2.45) is 0 Å². The van der Waals surface area contributed by atoms with Crippen molar-refractivity contribution in [2.45, 2.75) is 0 Å². The van der Waals surface area contributed by atoms with Gasteiger partial charge < -0.3 is 0 Å². The number of pyridine rings is 1. The second kappa shape index (κ2) is 3.18. The molecule has 0 bridgehead atoms. The Morgan fingerprint density at radius 2 is 2.08 bits per heavy atom. The molecule has 0 aliphatic heterocycles. The molecule has 1 aromatic carbocycles. The molecule has 1 heterocycles. The summed E-state index contributed by atoms with van der Waals surface area (Å²) in [5.74, 6) is 0. The van der Waals surface area contributed by atoms with E-state index in [1.807, 2.05) is 42.6 Å². The molecule has 1 aromatic heterocycles. The maximum Gasteiger partial charge on any atom is 0.0346 e. The number of hydrogen-bond acceptors (Lipinski definition) is 1. The van der Waals surface area contributed by atoms with Gasteiger partial charge in [-0.25, -0.2) is 0 Å². The molecule has 2 rings (SSSR count). The standard InChI is InChI=1S/C11H8N/c1-2-5-10(6-3-1)11-7-4-8-12-9-11/h1-5,7-9H. The fourth-order valence-electron chi connectivity index (χ4n) is 1.09. The summed E-state index contributed by atoms with van der Waals surface area (Å²) in [6.07, 6.45) is 3.61. The van der Waals surface area contributed by atoms with Gasteiger partial charge in [-0.05, 0) is 17.7 Å². The molecule has 57 valence electrons. The summed E-state index contributed by atoms with van der Waals surface area (Å²) in [7, 11) is 0. The molecule has 12 heavy (non-hydrogen) atoms. The maximum absolute atomic E-state index is 4.04. The zero-order chi connectivity index (χ0) is 8.23. The van der Waals surface area contributed by atoms with Crippen molar-refractivity contribution in [1.29, 1.82) is 0 Å². The largest absolute Gasteiger partial charge is 0.264 e. The van der Waals surface area contributed by atoms with Crippen molar-refractivity contribution in [3.63, 3.8) is 0 Å². The van der Waals surface area contributed by atoms with Crippen molar-refractivity contribution in [2.75, 3.05) is 0 Å². The maximum atomic E-state index is 4.04. The predicted molar refractivity (Wildman–Crippen MR) is 48.5 cm³/mol. The van der Waals surface area contributed by atoms with Crippen LogP contribution >= 0.6 is 0 Å². The van der Waals surface area contributed by atoms with Gasteiger partial charge in [0, 0.05) is 18.0 Å². The van der Waals surface area contributed by atoms with Gasteiger partial charge in [-0.3, -0.25) is 4.98 Å². The van der Waals surface area contributed by atoms with Crippen LogP contribution < -0.4 is 0 Å². The minimum absolute atomic E-state index is 1.09. The molecule has 0 saturated heterocycles. The zero-order valence-electron chi connectivity index (χ0n) is 6.57. The van der Waals surface area contributed by atoms with Gasteiger partial charge in [0.05, 0.1) is 0 Å². The van der Waals surface area contributed by atoms with E-state index < -0.39 is 0 Å². The molecule has 0 unspecified atom stereocenters. The molecule has 0 N–H and O–H groups in total. The highest BCUT2D eigenvalue weighted by Crippen LogP contribution is 2.15. The Balaban J connectivity index is 2.46. The highest BCUT2D eigenvalue weighted by molar-refractivity contribution is 5.60. The van der Waals surface area contributed by atoms with Gasteiger partial charge in [0.2, 0.25) is 0 Å². The van der Waals surface area contributed by atoms with Crippen LogP contribution in [0, 0.1) is 6.07 Å². The Labute approximate surface area is 71.7 Å². The normalized spacial score (nSPS) is 9.67. The van der Waals surface area contributed by atoms with E-state index in [1.54, 1.807) is 6.20 Å². The van der Waals surface area contributed by atoms with Crippen molar-refractivity contribution in [1.82, 2.24) is 4.98 Å². The van der Waals surface area contributed by atoms with Gasteiger partial charge in [0.1, 0.15) is 0 Å². The van der Waals surface area contributed by atoms with Crippen LogP contribution in [0.1, 0.15) is 0 Å². The quantitative estimate of drug-likeness (QED) is 0.615. The van der Waals surface area contributed by atoms with Crippen molar-refractivity contribution < 1.29 is 0 Å². The fraction of sp³-hybridized carbons (Fsp3) is 0. The number of nitrogens with zero attached hydrogens (tertiary/aromatic N) is 1. The molecular formula is C11H8N. The van der Waals surface area contributed by atoms with Crippen LogP contribution in [-0.4, -0.2) is 4.98 Å². The second-order valence-corrected chi connectivity index (χ2v) is 2.52. The first-order chi connectivity index (χ1) is 5.97. The van der Waals surface area contributed by atoms with E-state index in [0.29, 0.717) is 0 Å². The molecule has 0 saturated carbocycles. The van der Waals surface area contributed by atoms with Crippen LogP contribution in [0.5, 0.6) is 0 Å². The van der Waals surface area contributed by atoms with Gasteiger partial charge >= 0.3 is 0 Å². The number of rotatable bonds is 1. The predicted octanol–water partition coefficient (Wildman–Crippen LogP) is 2.55. The van der Waals surface area contributed by atoms with Crippen molar-refractivity contribution in [3.05, 3.63) is 54.9 Å². The Morgan fingerprint density at radius 1 is 1.08 bits per heavy atom. The molecule has 1 heteroatoms. The molecule has 0 spiro atoms. The van der Waals surface area contributed by atoms with Gasteiger partial charge in [0.15, 0.2) is 0 Å². The van der Waals surface area contributed by atoms with Crippen LogP contribution in [0.15, 0.2) is 48.8 Å². The minimum atomic E-state index is 1.09. The first-order valence-electron chi connectivity index (χ1n) is 3.84. The molecule has 0 amide bonds. The summed E-state index contributed by atoms with van der Waals surface area (Å²) < 4.78 is 0. The van der Waals surface area contributed by atoms with Crippen LogP contribution in [0.4, 0.5) is 0 Å². The summed E-state index contributed by atoms with van der Waals surface area (Å²) >= 11 is 0. The number of hydrogen-bond donors (Lipinski definition) is 0. The Hall–Kier alpha value is -1.63. The third-order valence-electron chi connectivity index (χ3n) is 1.68. The van der Waals surface area contributed by atoms with E-state index in [9.17, 15) is 0 Å². The molecule has 0 aliphatic carbocycles. The van der Waals surface area contributed by atoms with Gasteiger partial charge in [-0.15, -0.1) is 0 Å². The molecule has 1 radical (unpaired) electrons. The Kier molecular flexibility index (Phi) is 1.87. The highest BCUT2D eigenvalue weighted by Gasteiger charge is 1.93. The fourth-order valence-corrected chi connectivity index (χ4v) is 1.09. The van der Waals surface area contributed by atoms with Crippen LogP contribution in [0.2, 0.25) is 0 Å². The molecule has 2 aromatic rings. The number of aromatic nitrogens is 1. The summed E-state index contributed by atoms with van der Waals surface area (Å²) in [6.45, 7) is 0. The van der Waals surface area contributed by atoms with Crippen LogP contribution in [0.3, 0.4) is 0 Å². The Morgan fingerprint density at radius 3 is 2.75 bits per heavy atom.